The summed E-state index contributed by atoms with van der Waals surface area (Å²) in [5.41, 5.74) is 8.81. The van der Waals surface area contributed by atoms with E-state index in [1.165, 1.54) is 0 Å². The summed E-state index contributed by atoms with van der Waals surface area (Å²) in [7, 11) is 0. The van der Waals surface area contributed by atoms with E-state index in [9.17, 15) is 0 Å². The molecule has 0 spiro atoms. The van der Waals surface area contributed by atoms with Crippen molar-refractivity contribution in [3.8, 4) is 46.0 Å². The van der Waals surface area contributed by atoms with Crippen LogP contribution in [-0.4, -0.2) is 52.9 Å². The molecule has 1 aliphatic carbocycles. The van der Waals surface area contributed by atoms with Gasteiger partial charge in [0.15, 0.2) is 0 Å². The third-order valence-electron chi connectivity index (χ3n) is 12.5. The summed E-state index contributed by atoms with van der Waals surface area (Å²) >= 11 is 0. The summed E-state index contributed by atoms with van der Waals surface area (Å²) in [5.74, 6) is 6.84. The van der Waals surface area contributed by atoms with Gasteiger partial charge in [0, 0.05) is 49.9 Å². The number of unbranched alkanes of at least 4 members (excludes halogenated alkanes) is 8. The van der Waals surface area contributed by atoms with Gasteiger partial charge in [-0.2, -0.15) is 0 Å². The van der Waals surface area contributed by atoms with Crippen molar-refractivity contribution in [3.63, 3.8) is 0 Å². The van der Waals surface area contributed by atoms with E-state index in [-0.39, 0.29) is 0 Å². The second-order valence-electron chi connectivity index (χ2n) is 18.6. The summed E-state index contributed by atoms with van der Waals surface area (Å²) in [4.78, 5) is 0. The summed E-state index contributed by atoms with van der Waals surface area (Å²) in [6.07, 6.45) is 18.5. The molecule has 8 bridgehead atoms. The molecule has 5 rings (SSSR count). The summed E-state index contributed by atoms with van der Waals surface area (Å²) in [6.45, 7) is 22.7. The van der Waals surface area contributed by atoms with E-state index in [1.54, 1.807) is 0 Å². The quantitative estimate of drug-likeness (QED) is 0.0395. The second kappa shape index (κ2) is 30.7. The third-order valence-corrected chi connectivity index (χ3v) is 12.5. The molecule has 0 N–H and O–H groups in total. The SMILES string of the molecule is CCCCOc1cc(OCCCC)c2cc1Cc1cc(c(OCCCC)cc1OCCCC)Cc1cc(c(OCCCC)cc1OCCCC)Cc1cc(c(OCCCC)cc1OCCCC)C2. The van der Waals surface area contributed by atoms with E-state index in [4.69, 9.17) is 37.9 Å². The minimum atomic E-state index is 0.609. The predicted octanol–water partition coefficient (Wildman–Crippen LogP) is 15.8. The highest BCUT2D eigenvalue weighted by atomic mass is 16.5. The van der Waals surface area contributed by atoms with Gasteiger partial charge in [-0.3, -0.25) is 0 Å². The topological polar surface area (TPSA) is 73.8 Å². The third kappa shape index (κ3) is 16.8. The molecule has 0 saturated carbocycles. The Labute approximate surface area is 412 Å². The number of hydrogen-bond donors (Lipinski definition) is 0. The lowest BCUT2D eigenvalue weighted by Crippen LogP contribution is -2.10. The van der Waals surface area contributed by atoms with Gasteiger partial charge in [-0.25, -0.2) is 0 Å². The van der Waals surface area contributed by atoms with Crippen LogP contribution in [0.4, 0.5) is 0 Å². The van der Waals surface area contributed by atoms with Crippen molar-refractivity contribution in [2.75, 3.05) is 52.9 Å². The van der Waals surface area contributed by atoms with Gasteiger partial charge < -0.3 is 37.9 Å². The molecular formula is C60H88O8. The number of ether oxygens (including phenoxy) is 8. The molecule has 0 unspecified atom stereocenters. The lowest BCUT2D eigenvalue weighted by atomic mass is 9.91. The van der Waals surface area contributed by atoms with Crippen LogP contribution in [0.2, 0.25) is 0 Å². The lowest BCUT2D eigenvalue weighted by molar-refractivity contribution is 0.287. The van der Waals surface area contributed by atoms with Gasteiger partial charge in [0.25, 0.3) is 0 Å². The standard InChI is InChI=1S/C60H88O8/c1-9-17-25-61-53-41-54(62-26-18-10-2)46-33-45(53)37-47-34-48(56(64-28-20-12-4)42-55(47)63-27-19-11-3)39-51-36-52(60(68-32-24-16-8)44-59(51)67-31-23-15-7)40-50-35-49(38-46)57(65-29-21-13-5)43-58(50)66-30-22-14-6/h33-36,41-44H,9-32,37-40H2,1-8H3. The number of benzene rings is 4. The molecule has 0 aliphatic heterocycles. The van der Waals surface area contributed by atoms with Crippen LogP contribution in [-0.2, 0) is 25.7 Å². The number of hydrogen-bond acceptors (Lipinski definition) is 8. The van der Waals surface area contributed by atoms with Crippen LogP contribution >= 0.6 is 0 Å². The molecule has 4 aromatic rings. The highest BCUT2D eigenvalue weighted by molar-refractivity contribution is 5.59. The van der Waals surface area contributed by atoms with Gasteiger partial charge in [0.2, 0.25) is 0 Å². The molecule has 8 heteroatoms. The highest BCUT2D eigenvalue weighted by Crippen LogP contribution is 2.42. The largest absolute Gasteiger partial charge is 0.493 e. The fraction of sp³-hybridized carbons (Fsp3) is 0.600. The molecule has 0 saturated heterocycles. The van der Waals surface area contributed by atoms with Crippen molar-refractivity contribution in [2.24, 2.45) is 0 Å². The molecule has 8 nitrogen and oxygen atoms in total. The zero-order valence-electron chi connectivity index (χ0n) is 43.7. The Bertz CT molecular complexity index is 1650. The Morgan fingerprint density at radius 2 is 0.353 bits per heavy atom. The highest BCUT2D eigenvalue weighted by Gasteiger charge is 2.24. The second-order valence-corrected chi connectivity index (χ2v) is 18.6. The Kier molecular flexibility index (Phi) is 24.5. The van der Waals surface area contributed by atoms with Gasteiger partial charge >= 0.3 is 0 Å². The molecular weight excluding hydrogens is 849 g/mol. The van der Waals surface area contributed by atoms with Crippen LogP contribution in [0.15, 0.2) is 48.5 Å². The Morgan fingerprint density at radius 3 is 0.471 bits per heavy atom. The van der Waals surface area contributed by atoms with Crippen LogP contribution in [0.25, 0.3) is 0 Å². The minimum absolute atomic E-state index is 0.609. The van der Waals surface area contributed by atoms with E-state index in [0.29, 0.717) is 78.5 Å². The summed E-state index contributed by atoms with van der Waals surface area (Å²) < 4.78 is 53.8. The molecule has 0 amide bonds. The maximum Gasteiger partial charge on any atom is 0.126 e. The smallest absolute Gasteiger partial charge is 0.126 e. The fourth-order valence-corrected chi connectivity index (χ4v) is 8.24. The van der Waals surface area contributed by atoms with Gasteiger partial charge in [-0.15, -0.1) is 0 Å². The van der Waals surface area contributed by atoms with Crippen LogP contribution in [0.5, 0.6) is 46.0 Å². The van der Waals surface area contributed by atoms with Crippen LogP contribution in [0.3, 0.4) is 0 Å². The average molecular weight is 937 g/mol. The first-order valence-electron chi connectivity index (χ1n) is 27.0. The first-order valence-corrected chi connectivity index (χ1v) is 27.0. The molecule has 0 heterocycles. The van der Waals surface area contributed by atoms with Crippen LogP contribution in [0, 0.1) is 0 Å². The first kappa shape index (κ1) is 54.2. The Balaban J connectivity index is 1.86. The van der Waals surface area contributed by atoms with Crippen molar-refractivity contribution in [1.82, 2.24) is 0 Å². The zero-order valence-corrected chi connectivity index (χ0v) is 43.7. The summed E-state index contributed by atoms with van der Waals surface area (Å²) in [5, 5.41) is 0. The predicted molar refractivity (Wildman–Crippen MR) is 280 cm³/mol. The van der Waals surface area contributed by atoms with Crippen molar-refractivity contribution in [3.05, 3.63) is 93.0 Å². The lowest BCUT2D eigenvalue weighted by Gasteiger charge is -2.23. The zero-order chi connectivity index (χ0) is 48.4. The Hall–Kier alpha value is -4.72. The van der Waals surface area contributed by atoms with Gasteiger partial charge in [0.1, 0.15) is 46.0 Å². The van der Waals surface area contributed by atoms with E-state index < -0.39 is 0 Å². The van der Waals surface area contributed by atoms with Crippen molar-refractivity contribution in [1.29, 1.82) is 0 Å². The van der Waals surface area contributed by atoms with Gasteiger partial charge in [0.05, 0.1) is 52.9 Å². The maximum absolute atomic E-state index is 6.73. The number of rotatable bonds is 32. The maximum atomic E-state index is 6.73. The van der Waals surface area contributed by atoms with Crippen LogP contribution in [0.1, 0.15) is 203 Å². The molecule has 0 atom stereocenters. The number of fused-ring (bicyclic) bond motifs is 8. The molecule has 0 aromatic heterocycles. The minimum Gasteiger partial charge on any atom is -0.493 e. The van der Waals surface area contributed by atoms with E-state index in [1.807, 2.05) is 0 Å². The molecule has 1 aliphatic rings. The molecule has 68 heavy (non-hydrogen) atoms. The fourth-order valence-electron chi connectivity index (χ4n) is 8.24. The van der Waals surface area contributed by atoms with Crippen molar-refractivity contribution in [2.45, 2.75) is 184 Å². The monoisotopic (exact) mass is 937 g/mol. The van der Waals surface area contributed by atoms with E-state index in [2.05, 4.69) is 104 Å². The van der Waals surface area contributed by atoms with E-state index in [0.717, 1.165) is 193 Å². The molecule has 0 fully saturated rings. The van der Waals surface area contributed by atoms with Gasteiger partial charge in [-0.05, 0) is 120 Å². The Morgan fingerprint density at radius 1 is 0.221 bits per heavy atom. The van der Waals surface area contributed by atoms with E-state index >= 15 is 0 Å². The van der Waals surface area contributed by atoms with Crippen LogP contribution < -0.4 is 37.9 Å². The normalized spacial score (nSPS) is 12.1. The summed E-state index contributed by atoms with van der Waals surface area (Å²) in [6, 6.07) is 18.0. The van der Waals surface area contributed by atoms with Crippen molar-refractivity contribution >= 4 is 0 Å². The molecule has 0 radical (unpaired) electrons. The van der Waals surface area contributed by atoms with Gasteiger partial charge in [-0.1, -0.05) is 107 Å². The first-order chi connectivity index (χ1) is 33.4. The average Bonchev–Trinajstić information content (AvgIpc) is 3.33. The molecule has 376 valence electrons. The van der Waals surface area contributed by atoms with Crippen molar-refractivity contribution < 1.29 is 37.9 Å². The molecule has 4 aromatic carbocycles.